The zero-order chi connectivity index (χ0) is 18.8. The van der Waals surface area contributed by atoms with Gasteiger partial charge in [0.15, 0.2) is 0 Å². The highest BCUT2D eigenvalue weighted by molar-refractivity contribution is 5.39. The molecular weight excluding hydrogens is 316 g/mol. The first-order chi connectivity index (χ1) is 12.1. The largest absolute Gasteiger partial charge is 0.495 e. The van der Waals surface area contributed by atoms with Crippen molar-refractivity contribution in [1.82, 2.24) is 9.97 Å². The van der Waals surface area contributed by atoms with Crippen molar-refractivity contribution in [3.05, 3.63) is 41.5 Å². The standard InChI is InChI=1S/C10H13NO.C8H11NO2.C2H6/c1-7-9(8-3-4-8)5-11-6-10(7)12-2;1-6-8(11-3)4-7(10-2)5-9-6;1-2/h5-6,8H,3-4H2,1-2H3;4-5H,1-3H3;1-2H3. The van der Waals surface area contributed by atoms with Crippen LogP contribution in [0.4, 0.5) is 0 Å². The van der Waals surface area contributed by atoms with Gasteiger partial charge in [-0.2, -0.15) is 0 Å². The summed E-state index contributed by atoms with van der Waals surface area (Å²) in [6.45, 7) is 7.99. The number of aromatic nitrogens is 2. The smallest absolute Gasteiger partial charge is 0.143 e. The highest BCUT2D eigenvalue weighted by atomic mass is 16.5. The molecule has 0 aromatic carbocycles. The zero-order valence-electron chi connectivity index (χ0n) is 16.4. The predicted octanol–water partition coefficient (Wildman–Crippen LogP) is 4.71. The van der Waals surface area contributed by atoms with Gasteiger partial charge in [0.05, 0.1) is 39.4 Å². The molecule has 0 bridgehead atoms. The van der Waals surface area contributed by atoms with Crippen LogP contribution in [0.1, 0.15) is 49.4 Å². The molecule has 138 valence electrons. The number of methoxy groups -OCH3 is 3. The average Bonchev–Trinajstić information content (AvgIpc) is 3.49. The third-order valence-electron chi connectivity index (χ3n) is 3.92. The molecular formula is C20H30N2O3. The second kappa shape index (κ2) is 10.5. The molecule has 0 aliphatic heterocycles. The second-order valence-corrected chi connectivity index (χ2v) is 5.49. The first-order valence-electron chi connectivity index (χ1n) is 8.63. The lowest BCUT2D eigenvalue weighted by atomic mass is 10.1. The van der Waals surface area contributed by atoms with E-state index in [2.05, 4.69) is 16.9 Å². The molecule has 1 aliphatic rings. The van der Waals surface area contributed by atoms with Crippen LogP contribution >= 0.6 is 0 Å². The molecule has 0 spiro atoms. The topological polar surface area (TPSA) is 53.5 Å². The van der Waals surface area contributed by atoms with E-state index in [1.54, 1.807) is 33.7 Å². The minimum Gasteiger partial charge on any atom is -0.495 e. The van der Waals surface area contributed by atoms with E-state index in [4.69, 9.17) is 14.2 Å². The Kier molecular flexibility index (Phi) is 8.75. The van der Waals surface area contributed by atoms with Crippen LogP contribution in [0, 0.1) is 13.8 Å². The van der Waals surface area contributed by atoms with E-state index in [1.807, 2.05) is 33.0 Å². The molecule has 2 heterocycles. The molecule has 1 aliphatic carbocycles. The van der Waals surface area contributed by atoms with Crippen molar-refractivity contribution in [2.75, 3.05) is 21.3 Å². The fraction of sp³-hybridized carbons (Fsp3) is 0.500. The van der Waals surface area contributed by atoms with Gasteiger partial charge in [-0.3, -0.25) is 9.97 Å². The summed E-state index contributed by atoms with van der Waals surface area (Å²) in [6.07, 6.45) is 8.04. The SMILES string of the molecule is CC.COc1cnc(C)c(OC)c1.COc1cncc(C2CC2)c1C. The number of aryl methyl sites for hydroxylation is 1. The van der Waals surface area contributed by atoms with Gasteiger partial charge >= 0.3 is 0 Å². The number of hydrogen-bond donors (Lipinski definition) is 0. The Labute approximate surface area is 151 Å². The molecule has 3 rings (SSSR count). The van der Waals surface area contributed by atoms with Gasteiger partial charge in [0.1, 0.15) is 17.2 Å². The van der Waals surface area contributed by atoms with Gasteiger partial charge in [0, 0.05) is 12.3 Å². The molecule has 0 atom stereocenters. The van der Waals surface area contributed by atoms with Crippen LogP contribution in [-0.2, 0) is 0 Å². The lowest BCUT2D eigenvalue weighted by Gasteiger charge is -2.07. The lowest BCUT2D eigenvalue weighted by molar-refractivity contribution is 0.388. The maximum absolute atomic E-state index is 5.20. The van der Waals surface area contributed by atoms with E-state index in [9.17, 15) is 0 Å². The Morgan fingerprint density at radius 3 is 2.04 bits per heavy atom. The molecule has 0 radical (unpaired) electrons. The van der Waals surface area contributed by atoms with Gasteiger partial charge in [-0.1, -0.05) is 13.8 Å². The van der Waals surface area contributed by atoms with Crippen LogP contribution in [0.5, 0.6) is 17.2 Å². The predicted molar refractivity (Wildman–Crippen MR) is 101 cm³/mol. The molecule has 5 heteroatoms. The first-order valence-corrected chi connectivity index (χ1v) is 8.63. The van der Waals surface area contributed by atoms with E-state index >= 15 is 0 Å². The maximum atomic E-state index is 5.20. The lowest BCUT2D eigenvalue weighted by Crippen LogP contribution is -1.93. The molecule has 25 heavy (non-hydrogen) atoms. The van der Waals surface area contributed by atoms with Crippen LogP contribution < -0.4 is 14.2 Å². The third kappa shape index (κ3) is 5.93. The van der Waals surface area contributed by atoms with Crippen LogP contribution in [0.3, 0.4) is 0 Å². The van der Waals surface area contributed by atoms with Crippen molar-refractivity contribution in [3.63, 3.8) is 0 Å². The Balaban J connectivity index is 0.000000229. The third-order valence-corrected chi connectivity index (χ3v) is 3.92. The van der Waals surface area contributed by atoms with Gasteiger partial charge in [0.2, 0.25) is 0 Å². The molecule has 2 aromatic rings. The molecule has 2 aromatic heterocycles. The van der Waals surface area contributed by atoms with Crippen molar-refractivity contribution in [3.8, 4) is 17.2 Å². The molecule has 1 saturated carbocycles. The first kappa shape index (κ1) is 20.7. The Hall–Kier alpha value is -2.30. The summed E-state index contributed by atoms with van der Waals surface area (Å²) in [5.74, 6) is 3.14. The summed E-state index contributed by atoms with van der Waals surface area (Å²) >= 11 is 0. The quantitative estimate of drug-likeness (QED) is 0.802. The van der Waals surface area contributed by atoms with Gasteiger partial charge in [-0.05, 0) is 43.7 Å². The minimum absolute atomic E-state index is 0.715. The van der Waals surface area contributed by atoms with Crippen molar-refractivity contribution in [2.45, 2.75) is 46.5 Å². The average molecular weight is 346 g/mol. The number of nitrogens with zero attached hydrogens (tertiary/aromatic N) is 2. The molecule has 5 nitrogen and oxygen atoms in total. The van der Waals surface area contributed by atoms with Crippen LogP contribution in [0.15, 0.2) is 24.7 Å². The summed E-state index contributed by atoms with van der Waals surface area (Å²) in [6, 6.07) is 1.81. The van der Waals surface area contributed by atoms with E-state index in [0.717, 1.165) is 23.1 Å². The van der Waals surface area contributed by atoms with E-state index < -0.39 is 0 Å². The Bertz CT molecular complexity index is 655. The van der Waals surface area contributed by atoms with E-state index in [0.29, 0.717) is 5.75 Å². The number of rotatable bonds is 4. The molecule has 0 unspecified atom stereocenters. The Morgan fingerprint density at radius 1 is 0.880 bits per heavy atom. The van der Waals surface area contributed by atoms with Crippen LogP contribution in [0.25, 0.3) is 0 Å². The number of ether oxygens (including phenoxy) is 3. The molecule has 0 N–H and O–H groups in total. The van der Waals surface area contributed by atoms with E-state index in [1.165, 1.54) is 24.0 Å². The van der Waals surface area contributed by atoms with Gasteiger partial charge < -0.3 is 14.2 Å². The van der Waals surface area contributed by atoms with Crippen LogP contribution in [-0.4, -0.2) is 31.3 Å². The van der Waals surface area contributed by atoms with Crippen molar-refractivity contribution < 1.29 is 14.2 Å². The Morgan fingerprint density at radius 2 is 1.52 bits per heavy atom. The summed E-state index contributed by atoms with van der Waals surface area (Å²) in [7, 11) is 4.91. The summed E-state index contributed by atoms with van der Waals surface area (Å²) < 4.78 is 15.2. The molecule has 1 fully saturated rings. The summed E-state index contributed by atoms with van der Waals surface area (Å²) in [5.41, 5.74) is 3.50. The van der Waals surface area contributed by atoms with Crippen molar-refractivity contribution in [2.24, 2.45) is 0 Å². The summed E-state index contributed by atoms with van der Waals surface area (Å²) in [5, 5.41) is 0. The number of hydrogen-bond acceptors (Lipinski definition) is 5. The monoisotopic (exact) mass is 346 g/mol. The van der Waals surface area contributed by atoms with Crippen LogP contribution in [0.2, 0.25) is 0 Å². The highest BCUT2D eigenvalue weighted by Crippen LogP contribution is 2.42. The van der Waals surface area contributed by atoms with Gasteiger partial charge in [0.25, 0.3) is 0 Å². The molecule has 0 amide bonds. The van der Waals surface area contributed by atoms with Crippen molar-refractivity contribution in [1.29, 1.82) is 0 Å². The van der Waals surface area contributed by atoms with Crippen molar-refractivity contribution >= 4 is 0 Å². The summed E-state index contributed by atoms with van der Waals surface area (Å²) in [4.78, 5) is 8.22. The fourth-order valence-electron chi connectivity index (χ4n) is 2.35. The highest BCUT2D eigenvalue weighted by Gasteiger charge is 2.26. The fourth-order valence-corrected chi connectivity index (χ4v) is 2.35. The maximum Gasteiger partial charge on any atom is 0.143 e. The zero-order valence-corrected chi connectivity index (χ0v) is 16.4. The van der Waals surface area contributed by atoms with E-state index in [-0.39, 0.29) is 0 Å². The van der Waals surface area contributed by atoms with Gasteiger partial charge in [-0.25, -0.2) is 0 Å². The number of pyridine rings is 2. The molecule has 0 saturated heterocycles. The minimum atomic E-state index is 0.715. The normalized spacial score (nSPS) is 12.1. The van der Waals surface area contributed by atoms with Gasteiger partial charge in [-0.15, -0.1) is 0 Å². The second-order valence-electron chi connectivity index (χ2n) is 5.49.